The van der Waals surface area contributed by atoms with Crippen LogP contribution in [0.1, 0.15) is 12.8 Å². The van der Waals surface area contributed by atoms with Crippen LogP contribution in [0.2, 0.25) is 0 Å². The Bertz CT molecular complexity index is 753. The molecule has 0 spiro atoms. The third-order valence-corrected chi connectivity index (χ3v) is 5.88. The quantitative estimate of drug-likeness (QED) is 0.804. The minimum atomic E-state index is 0.228. The molecule has 0 radical (unpaired) electrons. The first-order valence-electron chi connectivity index (χ1n) is 7.02. The summed E-state index contributed by atoms with van der Waals surface area (Å²) < 4.78 is 1.18. The summed E-state index contributed by atoms with van der Waals surface area (Å²) in [5, 5.41) is 15.0. The predicted octanol–water partition coefficient (Wildman–Crippen LogP) is 3.38. The Hall–Kier alpha value is -1.50. The second-order valence-electron chi connectivity index (χ2n) is 5.19. The van der Waals surface area contributed by atoms with Crippen LogP contribution < -0.4 is 4.90 Å². The molecule has 0 unspecified atom stereocenters. The summed E-state index contributed by atoms with van der Waals surface area (Å²) in [5.41, 5.74) is 1.10. The van der Waals surface area contributed by atoms with Gasteiger partial charge in [-0.15, -0.1) is 22.7 Å². The van der Waals surface area contributed by atoms with Gasteiger partial charge in [-0.1, -0.05) is 0 Å². The zero-order chi connectivity index (χ0) is 14.2. The van der Waals surface area contributed by atoms with Gasteiger partial charge >= 0.3 is 0 Å². The van der Waals surface area contributed by atoms with E-state index in [2.05, 4.69) is 20.9 Å². The van der Waals surface area contributed by atoms with E-state index in [1.165, 1.54) is 15.1 Å². The van der Waals surface area contributed by atoms with Crippen molar-refractivity contribution in [1.82, 2.24) is 9.97 Å². The zero-order valence-corrected chi connectivity index (χ0v) is 13.0. The lowest BCUT2D eigenvalue weighted by atomic mass is 10.2. The molecule has 1 saturated heterocycles. The molecule has 4 heterocycles. The van der Waals surface area contributed by atoms with Crippen molar-refractivity contribution >= 4 is 37.8 Å². The minimum absolute atomic E-state index is 0.228. The van der Waals surface area contributed by atoms with Crippen LogP contribution in [0.5, 0.6) is 0 Å². The molecule has 0 saturated carbocycles. The van der Waals surface area contributed by atoms with E-state index >= 15 is 0 Å². The Morgan fingerprint density at radius 3 is 3.14 bits per heavy atom. The number of fused-ring (bicyclic) bond motifs is 1. The highest BCUT2D eigenvalue weighted by molar-refractivity contribution is 7.23. The van der Waals surface area contributed by atoms with Gasteiger partial charge in [0.05, 0.1) is 22.3 Å². The lowest BCUT2D eigenvalue weighted by Gasteiger charge is -2.23. The molecule has 1 aliphatic rings. The average Bonchev–Trinajstić information content (AvgIpc) is 3.24. The summed E-state index contributed by atoms with van der Waals surface area (Å²) in [6.07, 6.45) is 7.86. The van der Waals surface area contributed by atoms with Gasteiger partial charge in [0.25, 0.3) is 0 Å². The number of pyridine rings is 1. The number of nitrogens with zero attached hydrogens (tertiary/aromatic N) is 3. The molecule has 3 aromatic heterocycles. The van der Waals surface area contributed by atoms with E-state index in [9.17, 15) is 5.11 Å². The lowest BCUT2D eigenvalue weighted by molar-refractivity contribution is 0.266. The number of aromatic nitrogens is 2. The van der Waals surface area contributed by atoms with Gasteiger partial charge in [0.15, 0.2) is 0 Å². The Balaban J connectivity index is 1.81. The largest absolute Gasteiger partial charge is 0.394 e. The third kappa shape index (κ3) is 2.23. The van der Waals surface area contributed by atoms with Crippen LogP contribution >= 0.6 is 22.7 Å². The number of anilines is 1. The Morgan fingerprint density at radius 1 is 1.38 bits per heavy atom. The number of aliphatic hydroxyl groups is 1. The third-order valence-electron chi connectivity index (χ3n) is 3.97. The van der Waals surface area contributed by atoms with Crippen LogP contribution in [-0.2, 0) is 0 Å². The molecule has 0 bridgehead atoms. The van der Waals surface area contributed by atoms with E-state index in [-0.39, 0.29) is 12.6 Å². The van der Waals surface area contributed by atoms with E-state index in [1.807, 2.05) is 24.0 Å². The van der Waals surface area contributed by atoms with Crippen LogP contribution in [0.25, 0.3) is 20.7 Å². The predicted molar refractivity (Wildman–Crippen MR) is 88.2 cm³/mol. The molecule has 0 aromatic carbocycles. The van der Waals surface area contributed by atoms with E-state index in [0.29, 0.717) is 0 Å². The lowest BCUT2D eigenvalue weighted by Crippen LogP contribution is -2.31. The molecular formula is C15H15N3OS2. The van der Waals surface area contributed by atoms with Crippen molar-refractivity contribution in [3.05, 3.63) is 30.0 Å². The Morgan fingerprint density at radius 2 is 2.33 bits per heavy atom. The van der Waals surface area contributed by atoms with Crippen molar-refractivity contribution in [1.29, 1.82) is 0 Å². The maximum atomic E-state index is 9.52. The highest BCUT2D eigenvalue weighted by atomic mass is 32.1. The molecule has 0 amide bonds. The molecule has 6 heteroatoms. The van der Waals surface area contributed by atoms with Gasteiger partial charge in [-0.05, 0) is 18.9 Å². The van der Waals surface area contributed by atoms with Gasteiger partial charge < -0.3 is 10.0 Å². The Kier molecular flexibility index (Phi) is 3.37. The molecule has 4 nitrogen and oxygen atoms in total. The molecule has 3 aromatic rings. The molecule has 21 heavy (non-hydrogen) atoms. The number of thiophene rings is 1. The highest BCUT2D eigenvalue weighted by Crippen LogP contribution is 2.40. The van der Waals surface area contributed by atoms with Gasteiger partial charge in [-0.3, -0.25) is 4.98 Å². The minimum Gasteiger partial charge on any atom is -0.394 e. The van der Waals surface area contributed by atoms with Crippen molar-refractivity contribution in [3.8, 4) is 10.6 Å². The maximum absolute atomic E-state index is 9.52. The van der Waals surface area contributed by atoms with Crippen molar-refractivity contribution < 1.29 is 5.11 Å². The fourth-order valence-corrected chi connectivity index (χ4v) is 4.75. The van der Waals surface area contributed by atoms with Gasteiger partial charge in [-0.25, -0.2) is 4.98 Å². The zero-order valence-electron chi connectivity index (χ0n) is 11.4. The molecule has 1 aliphatic heterocycles. The van der Waals surface area contributed by atoms with Crippen LogP contribution in [0.3, 0.4) is 0 Å². The maximum Gasteiger partial charge on any atom is 0.125 e. The first-order chi connectivity index (χ1) is 10.4. The van der Waals surface area contributed by atoms with Crippen LogP contribution in [0, 0.1) is 0 Å². The van der Waals surface area contributed by atoms with Crippen molar-refractivity contribution in [2.45, 2.75) is 18.9 Å². The standard InChI is InChI=1S/C15H15N3OS2/c19-9-10-2-1-4-18(10)14-6-11-12(15-17-3-5-20-15)7-16-8-13(11)21-14/h3,5-8,10,19H,1-2,4,9H2/t10-/m0/s1. The average molecular weight is 317 g/mol. The summed E-state index contributed by atoms with van der Waals surface area (Å²) in [6.45, 7) is 1.25. The number of thiazole rings is 1. The second kappa shape index (κ2) is 5.36. The second-order valence-corrected chi connectivity index (χ2v) is 7.15. The van der Waals surface area contributed by atoms with Gasteiger partial charge in [0.2, 0.25) is 0 Å². The fraction of sp³-hybridized carbons (Fsp3) is 0.333. The van der Waals surface area contributed by atoms with E-state index in [4.69, 9.17) is 0 Å². The van der Waals surface area contributed by atoms with Crippen molar-refractivity contribution in [2.24, 2.45) is 0 Å². The first-order valence-corrected chi connectivity index (χ1v) is 8.71. The topological polar surface area (TPSA) is 49.2 Å². The molecule has 1 fully saturated rings. The fourth-order valence-electron chi connectivity index (χ4n) is 2.93. The molecule has 1 N–H and O–H groups in total. The normalized spacial score (nSPS) is 18.7. The summed E-state index contributed by atoms with van der Waals surface area (Å²) >= 11 is 3.39. The highest BCUT2D eigenvalue weighted by Gasteiger charge is 2.25. The number of aliphatic hydroxyl groups excluding tert-OH is 1. The van der Waals surface area contributed by atoms with Gasteiger partial charge in [0.1, 0.15) is 5.01 Å². The number of rotatable bonds is 3. The summed E-state index contributed by atoms with van der Waals surface area (Å²) in [6, 6.07) is 2.49. The van der Waals surface area contributed by atoms with Crippen LogP contribution in [-0.4, -0.2) is 34.3 Å². The first kappa shape index (κ1) is 13.2. The van der Waals surface area contributed by atoms with Crippen molar-refractivity contribution in [2.75, 3.05) is 18.1 Å². The van der Waals surface area contributed by atoms with E-state index < -0.39 is 0 Å². The van der Waals surface area contributed by atoms with Crippen LogP contribution in [0.15, 0.2) is 30.0 Å². The number of hydrogen-bond acceptors (Lipinski definition) is 6. The summed E-state index contributed by atoms with van der Waals surface area (Å²) in [7, 11) is 0. The summed E-state index contributed by atoms with van der Waals surface area (Å²) in [4.78, 5) is 11.1. The molecule has 0 aliphatic carbocycles. The molecular weight excluding hydrogens is 302 g/mol. The van der Waals surface area contributed by atoms with Gasteiger partial charge in [0, 0.05) is 41.5 Å². The summed E-state index contributed by atoms with van der Waals surface area (Å²) in [5.74, 6) is 0. The molecule has 108 valence electrons. The molecule has 4 rings (SSSR count). The van der Waals surface area contributed by atoms with Crippen LogP contribution in [0.4, 0.5) is 5.00 Å². The van der Waals surface area contributed by atoms with E-state index in [1.54, 1.807) is 22.7 Å². The Labute approximate surface area is 130 Å². The monoisotopic (exact) mass is 317 g/mol. The van der Waals surface area contributed by atoms with Gasteiger partial charge in [-0.2, -0.15) is 0 Å². The SMILES string of the molecule is OC[C@@H]1CCCN1c1cc2c(-c3nccs3)cncc2s1. The smallest absolute Gasteiger partial charge is 0.125 e. The number of hydrogen-bond donors (Lipinski definition) is 1. The van der Waals surface area contributed by atoms with E-state index in [0.717, 1.165) is 30.0 Å². The molecule has 1 atom stereocenters. The van der Waals surface area contributed by atoms with Crippen molar-refractivity contribution in [3.63, 3.8) is 0 Å².